The Kier molecular flexibility index (Phi) is 14.3. The van der Waals surface area contributed by atoms with Crippen LogP contribution in [0.5, 0.6) is 0 Å². The molecule has 0 spiro atoms. The molecule has 0 fully saturated rings. The van der Waals surface area contributed by atoms with Crippen molar-refractivity contribution in [1.82, 2.24) is 0 Å². The molecule has 0 atom stereocenters. The molecule has 5 nitrogen and oxygen atoms in total. The maximum atomic E-state index is 9.44. The zero-order valence-corrected chi connectivity index (χ0v) is 10.2. The van der Waals surface area contributed by atoms with Crippen LogP contribution < -0.4 is 55.6 Å². The van der Waals surface area contributed by atoms with Crippen molar-refractivity contribution in [3.05, 3.63) is 0 Å². The molecule has 0 aliphatic rings. The summed E-state index contributed by atoms with van der Waals surface area (Å²) in [6, 6.07) is 0. The zero-order valence-electron chi connectivity index (χ0n) is 5.92. The minimum atomic E-state index is -5.62. The van der Waals surface area contributed by atoms with Gasteiger partial charge in [-0.05, 0) is 13.8 Å². The van der Waals surface area contributed by atoms with E-state index in [0.29, 0.717) is 0 Å². The fraction of sp³-hybridized carbons (Fsp3) is 0.667. The molecule has 0 saturated heterocycles. The van der Waals surface area contributed by atoms with Gasteiger partial charge in [-0.2, -0.15) is 0 Å². The van der Waals surface area contributed by atoms with Gasteiger partial charge in [0.15, 0.2) is 0 Å². The zero-order chi connectivity index (χ0) is 8.08. The fourth-order valence-corrected chi connectivity index (χ4v) is 0. The second kappa shape index (κ2) is 8.28. The van der Waals surface area contributed by atoms with E-state index in [1.165, 1.54) is 13.8 Å². The number of rotatable bonds is 0. The van der Waals surface area contributed by atoms with Crippen molar-refractivity contribution < 1.29 is 84.8 Å². The van der Waals surface area contributed by atoms with E-state index in [2.05, 4.69) is 0 Å². The van der Waals surface area contributed by atoms with Gasteiger partial charge >= 0.3 is 80.0 Å². The summed E-state index contributed by atoms with van der Waals surface area (Å²) < 4.78 is 34.3. The molecule has 0 heterocycles. The van der Waals surface area contributed by atoms with Gasteiger partial charge in [0.2, 0.25) is 0 Å². The van der Waals surface area contributed by atoms with E-state index < -0.39 is 13.0 Å². The average molecular weight is 216 g/mol. The first-order chi connectivity index (χ1) is 3.73. The molecule has 7 heteroatoms. The number of hydrogen-bond acceptors (Lipinski definition) is 5. The predicted octanol–water partition coefficient (Wildman–Crippen LogP) is -3.95. The number of Topliss-reactive ketones (excluding diaryl/α,β-unsaturated/α-hetero) is 1. The first kappa shape index (κ1) is 17.3. The first-order valence-corrected chi connectivity index (χ1v) is 3.75. The summed E-state index contributed by atoms with van der Waals surface area (Å²) in [4.78, 5) is 9.44. The van der Waals surface area contributed by atoms with E-state index >= 15 is 0 Å². The summed E-state index contributed by atoms with van der Waals surface area (Å²) in [7, 11) is 0. The second-order valence-corrected chi connectivity index (χ2v) is 2.47. The molecule has 0 radical (unpaired) electrons. The van der Waals surface area contributed by atoms with Crippen LogP contribution in [0.3, 0.4) is 0 Å². The Morgan fingerprint density at radius 2 is 1.20 bits per heavy atom. The molecule has 0 saturated carbocycles. The Labute approximate surface area is 103 Å². The molecule has 0 aliphatic carbocycles. The molecule has 0 aromatic heterocycles. The van der Waals surface area contributed by atoms with Crippen molar-refractivity contribution in [2.45, 2.75) is 13.8 Å². The van der Waals surface area contributed by atoms with Crippen LogP contribution >= 0.6 is 0 Å². The van der Waals surface area contributed by atoms with Crippen LogP contribution in [0.15, 0.2) is 0 Å². The predicted molar refractivity (Wildman–Crippen MR) is 18.4 cm³/mol. The maximum absolute atomic E-state index is 9.44. The van der Waals surface area contributed by atoms with Gasteiger partial charge in [0.05, 0.1) is 0 Å². The van der Waals surface area contributed by atoms with Gasteiger partial charge in [-0.15, -0.1) is 0 Å². The van der Waals surface area contributed by atoms with Gasteiger partial charge in [0, 0.05) is 0 Å². The van der Waals surface area contributed by atoms with Crippen molar-refractivity contribution in [1.29, 1.82) is 0 Å². The van der Waals surface area contributed by atoms with E-state index in [4.69, 9.17) is 15.7 Å². The van der Waals surface area contributed by atoms with E-state index in [1.807, 2.05) is 0 Å². The first-order valence-electron chi connectivity index (χ1n) is 1.82. The Morgan fingerprint density at radius 1 is 1.20 bits per heavy atom. The number of carbonyl (C=O) groups excluding carboxylic acids is 1. The molecular weight excluding hydrogens is 210 g/mol. The summed E-state index contributed by atoms with van der Waals surface area (Å²) in [5, 5.41) is 0. The number of ketones is 1. The van der Waals surface area contributed by atoms with Crippen molar-refractivity contribution >= 4 is 5.78 Å². The van der Waals surface area contributed by atoms with Crippen LogP contribution in [0.2, 0.25) is 0 Å². The van der Waals surface area contributed by atoms with Crippen molar-refractivity contribution in [2.75, 3.05) is 0 Å². The monoisotopic (exact) mass is 216 g/mol. The van der Waals surface area contributed by atoms with Crippen LogP contribution in [0.1, 0.15) is 13.8 Å². The SMILES string of the molecule is CC(C)=O.[K+].[O]=[Mn](=[O])(=[O])[O-]. The van der Waals surface area contributed by atoms with Crippen molar-refractivity contribution in [2.24, 2.45) is 0 Å². The summed E-state index contributed by atoms with van der Waals surface area (Å²) in [6.07, 6.45) is 0. The van der Waals surface area contributed by atoms with Crippen molar-refractivity contribution in [3.63, 3.8) is 0 Å². The normalized spacial score (nSPS) is 8.30. The molecule has 56 valence electrons. The molecule has 0 aliphatic heterocycles. The third kappa shape index (κ3) is 438. The summed E-state index contributed by atoms with van der Waals surface area (Å²) in [6.45, 7) is 3.06. The van der Waals surface area contributed by atoms with E-state index in [9.17, 15) is 4.79 Å². The molecule has 0 bridgehead atoms. The van der Waals surface area contributed by atoms with Crippen LogP contribution in [0, 0.1) is 0 Å². The molecule has 0 amide bonds. The Hall–Kier alpha value is 1.19. The number of hydrogen-bond donors (Lipinski definition) is 0. The van der Waals surface area contributed by atoms with Gasteiger partial charge in [0.1, 0.15) is 5.78 Å². The minimum absolute atomic E-state index is 0. The third-order valence-corrected chi connectivity index (χ3v) is 0. The summed E-state index contributed by atoms with van der Waals surface area (Å²) in [5.74, 6) is 0.167. The molecule has 10 heavy (non-hydrogen) atoms. The Morgan fingerprint density at radius 3 is 1.20 bits per heavy atom. The summed E-state index contributed by atoms with van der Waals surface area (Å²) in [5.41, 5.74) is 0. The molecule has 0 rings (SSSR count). The Bertz CT molecular complexity index is 202. The third-order valence-electron chi connectivity index (χ3n) is 0. The van der Waals surface area contributed by atoms with Crippen LogP contribution in [0.4, 0.5) is 0 Å². The molecule has 0 unspecified atom stereocenters. The van der Waals surface area contributed by atoms with Crippen LogP contribution in [-0.4, -0.2) is 5.78 Å². The number of carbonyl (C=O) groups is 1. The van der Waals surface area contributed by atoms with Gasteiger partial charge in [-0.3, -0.25) is 0 Å². The van der Waals surface area contributed by atoms with Gasteiger partial charge in [-0.1, -0.05) is 0 Å². The van der Waals surface area contributed by atoms with Gasteiger partial charge in [-0.25, -0.2) is 0 Å². The average Bonchev–Trinajstić information content (AvgIpc) is 1.19. The van der Waals surface area contributed by atoms with E-state index in [1.54, 1.807) is 0 Å². The molecule has 0 N–H and O–H groups in total. The second-order valence-electron chi connectivity index (χ2n) is 1.29. The molecule has 0 aromatic carbocycles. The summed E-state index contributed by atoms with van der Waals surface area (Å²) >= 11 is -5.62. The standard InChI is InChI=1S/C3H6O.K.Mn.4O/c1-3(2)4;;;;;;/h1-2H3;;;;;;/q;+1;;;;;-1. The van der Waals surface area contributed by atoms with E-state index in [0.717, 1.165) is 0 Å². The molecular formula is C3H6KMnO5. The van der Waals surface area contributed by atoms with E-state index in [-0.39, 0.29) is 57.2 Å². The Balaban J connectivity index is -0.0000000910. The fourth-order valence-electron chi connectivity index (χ4n) is 0. The van der Waals surface area contributed by atoms with Gasteiger partial charge in [0.25, 0.3) is 0 Å². The van der Waals surface area contributed by atoms with Crippen LogP contribution in [-0.2, 0) is 29.3 Å². The molecule has 0 aromatic rings. The van der Waals surface area contributed by atoms with Crippen molar-refractivity contribution in [3.8, 4) is 0 Å². The topological polar surface area (TPSA) is 91.3 Å². The quantitative estimate of drug-likeness (QED) is 0.385. The van der Waals surface area contributed by atoms with Gasteiger partial charge < -0.3 is 4.79 Å². The van der Waals surface area contributed by atoms with Crippen LogP contribution in [0.25, 0.3) is 0 Å².